The topological polar surface area (TPSA) is 59.6 Å². The van der Waals surface area contributed by atoms with Gasteiger partial charge in [0.1, 0.15) is 23.0 Å². The summed E-state index contributed by atoms with van der Waals surface area (Å²) in [4.78, 5) is 0. The monoisotopic (exact) mass is 387 g/mol. The van der Waals surface area contributed by atoms with Gasteiger partial charge in [-0.2, -0.15) is 10.5 Å². The van der Waals surface area contributed by atoms with Gasteiger partial charge in [0.25, 0.3) is 0 Å². The molecular formula is C17H11BrFN3S. The molecule has 0 aliphatic heterocycles. The Morgan fingerprint density at radius 2 is 1.83 bits per heavy atom. The molecule has 0 aliphatic rings. The Labute approximate surface area is 146 Å². The molecule has 0 unspecified atom stereocenters. The van der Waals surface area contributed by atoms with Crippen LogP contribution in [0.2, 0.25) is 0 Å². The Kier molecular flexibility index (Phi) is 6.22. The predicted octanol–water partition coefficient (Wildman–Crippen LogP) is 5.19. The van der Waals surface area contributed by atoms with Gasteiger partial charge in [-0.05, 0) is 42.0 Å². The molecule has 2 aromatic carbocycles. The van der Waals surface area contributed by atoms with Crippen molar-refractivity contribution in [3.8, 4) is 12.1 Å². The zero-order valence-electron chi connectivity index (χ0n) is 11.9. The minimum Gasteiger partial charge on any atom is -0.349 e. The number of nitrogens with one attached hydrogen (secondary N) is 1. The Bertz CT molecular complexity index is 788. The van der Waals surface area contributed by atoms with E-state index in [2.05, 4.69) is 21.2 Å². The Morgan fingerprint density at radius 1 is 1.13 bits per heavy atom. The van der Waals surface area contributed by atoms with Crippen molar-refractivity contribution in [2.24, 2.45) is 0 Å². The Morgan fingerprint density at radius 3 is 2.43 bits per heavy atom. The Hall–Kier alpha value is -2.28. The molecule has 0 saturated carbocycles. The lowest BCUT2D eigenvalue weighted by molar-refractivity contribution is 0.628. The van der Waals surface area contributed by atoms with Crippen LogP contribution in [0.25, 0.3) is 0 Å². The number of halogens is 2. The van der Waals surface area contributed by atoms with Gasteiger partial charge in [0.15, 0.2) is 5.57 Å². The molecule has 23 heavy (non-hydrogen) atoms. The van der Waals surface area contributed by atoms with Crippen LogP contribution in [0.3, 0.4) is 0 Å². The van der Waals surface area contributed by atoms with E-state index in [0.29, 0.717) is 16.5 Å². The molecule has 0 heterocycles. The van der Waals surface area contributed by atoms with E-state index in [-0.39, 0.29) is 11.4 Å². The highest BCUT2D eigenvalue weighted by Crippen LogP contribution is 2.27. The molecular weight excluding hydrogens is 377 g/mol. The van der Waals surface area contributed by atoms with Gasteiger partial charge in [-0.25, -0.2) is 4.39 Å². The summed E-state index contributed by atoms with van der Waals surface area (Å²) < 4.78 is 13.9. The fourth-order valence-corrected chi connectivity index (χ4v) is 3.11. The average molecular weight is 388 g/mol. The maximum absolute atomic E-state index is 13.0. The van der Waals surface area contributed by atoms with E-state index in [1.165, 1.54) is 23.9 Å². The minimum atomic E-state index is -0.344. The molecule has 0 atom stereocenters. The molecule has 0 saturated heterocycles. The summed E-state index contributed by atoms with van der Waals surface area (Å²) in [6.07, 6.45) is 0. The first-order valence-electron chi connectivity index (χ1n) is 6.56. The van der Waals surface area contributed by atoms with Crippen molar-refractivity contribution in [2.45, 2.75) is 5.75 Å². The second-order valence-corrected chi connectivity index (χ2v) is 6.38. The van der Waals surface area contributed by atoms with Crippen molar-refractivity contribution in [1.29, 1.82) is 10.5 Å². The standard InChI is InChI=1S/C17H11BrFN3S/c18-14-3-1-2-12(8-14)11-23-17(13(9-20)10-21)22-16-6-4-15(19)5-7-16/h1-8,22H,11H2. The maximum atomic E-state index is 13.0. The molecule has 0 spiro atoms. The van der Waals surface area contributed by atoms with Gasteiger partial charge in [-0.1, -0.05) is 28.1 Å². The number of benzene rings is 2. The molecule has 2 aromatic rings. The van der Waals surface area contributed by atoms with Crippen molar-refractivity contribution in [3.05, 3.63) is 75.0 Å². The average Bonchev–Trinajstić information content (AvgIpc) is 2.55. The number of rotatable bonds is 5. The van der Waals surface area contributed by atoms with E-state index in [1.807, 2.05) is 36.4 Å². The number of nitriles is 2. The second-order valence-electron chi connectivity index (χ2n) is 4.48. The summed E-state index contributed by atoms with van der Waals surface area (Å²) in [5, 5.41) is 21.7. The van der Waals surface area contributed by atoms with Crippen molar-refractivity contribution in [3.63, 3.8) is 0 Å². The first-order chi connectivity index (χ1) is 11.1. The zero-order chi connectivity index (χ0) is 16.7. The minimum absolute atomic E-state index is 0.00526. The first kappa shape index (κ1) is 17.1. The molecule has 0 bridgehead atoms. The number of hydrogen-bond acceptors (Lipinski definition) is 4. The molecule has 0 radical (unpaired) electrons. The van der Waals surface area contributed by atoms with E-state index in [4.69, 9.17) is 10.5 Å². The quantitative estimate of drug-likeness (QED) is 0.716. The van der Waals surface area contributed by atoms with Crippen LogP contribution in [0.4, 0.5) is 10.1 Å². The van der Waals surface area contributed by atoms with Crippen LogP contribution >= 0.6 is 27.7 Å². The van der Waals surface area contributed by atoms with Crippen LogP contribution in [0.1, 0.15) is 5.56 Å². The van der Waals surface area contributed by atoms with Gasteiger partial charge in [0.2, 0.25) is 0 Å². The second kappa shape index (κ2) is 8.38. The van der Waals surface area contributed by atoms with Crippen molar-refractivity contribution in [2.75, 3.05) is 5.32 Å². The lowest BCUT2D eigenvalue weighted by atomic mass is 10.2. The van der Waals surface area contributed by atoms with Gasteiger partial charge in [-0.3, -0.25) is 0 Å². The summed E-state index contributed by atoms with van der Waals surface area (Å²) in [7, 11) is 0. The number of hydrogen-bond donors (Lipinski definition) is 1. The van der Waals surface area contributed by atoms with Crippen molar-refractivity contribution >= 4 is 33.4 Å². The fourth-order valence-electron chi connectivity index (χ4n) is 1.74. The van der Waals surface area contributed by atoms with Crippen LogP contribution < -0.4 is 5.32 Å². The van der Waals surface area contributed by atoms with E-state index in [9.17, 15) is 4.39 Å². The molecule has 6 heteroatoms. The normalized spacial score (nSPS) is 9.57. The largest absolute Gasteiger partial charge is 0.349 e. The third-order valence-electron chi connectivity index (χ3n) is 2.82. The number of nitrogens with zero attached hydrogens (tertiary/aromatic N) is 2. The van der Waals surface area contributed by atoms with E-state index in [0.717, 1.165) is 10.0 Å². The van der Waals surface area contributed by atoms with Crippen LogP contribution in [-0.2, 0) is 5.75 Å². The third kappa shape index (κ3) is 5.14. The van der Waals surface area contributed by atoms with E-state index >= 15 is 0 Å². The molecule has 1 N–H and O–H groups in total. The summed E-state index contributed by atoms with van der Waals surface area (Å²) in [6, 6.07) is 17.3. The van der Waals surface area contributed by atoms with E-state index in [1.54, 1.807) is 12.1 Å². The van der Waals surface area contributed by atoms with Crippen LogP contribution in [0.5, 0.6) is 0 Å². The van der Waals surface area contributed by atoms with Crippen LogP contribution in [-0.4, -0.2) is 0 Å². The number of thioether (sulfide) groups is 1. The van der Waals surface area contributed by atoms with Gasteiger partial charge in [0, 0.05) is 15.9 Å². The van der Waals surface area contributed by atoms with Gasteiger partial charge >= 0.3 is 0 Å². The molecule has 2 rings (SSSR count). The third-order valence-corrected chi connectivity index (χ3v) is 4.39. The van der Waals surface area contributed by atoms with Crippen LogP contribution in [0, 0.1) is 28.5 Å². The first-order valence-corrected chi connectivity index (χ1v) is 8.34. The van der Waals surface area contributed by atoms with Gasteiger partial charge < -0.3 is 5.32 Å². The van der Waals surface area contributed by atoms with Crippen molar-refractivity contribution in [1.82, 2.24) is 0 Å². The summed E-state index contributed by atoms with van der Waals surface area (Å²) in [5.41, 5.74) is 1.67. The zero-order valence-corrected chi connectivity index (χ0v) is 14.3. The predicted molar refractivity (Wildman–Crippen MR) is 93.7 cm³/mol. The van der Waals surface area contributed by atoms with Gasteiger partial charge in [0.05, 0.1) is 0 Å². The molecule has 0 aliphatic carbocycles. The summed E-state index contributed by atoms with van der Waals surface area (Å²) >= 11 is 4.76. The number of anilines is 1. The summed E-state index contributed by atoms with van der Waals surface area (Å²) in [6.45, 7) is 0. The van der Waals surface area contributed by atoms with E-state index < -0.39 is 0 Å². The van der Waals surface area contributed by atoms with Gasteiger partial charge in [-0.15, -0.1) is 11.8 Å². The molecule has 114 valence electrons. The Balaban J connectivity index is 2.19. The van der Waals surface area contributed by atoms with Crippen molar-refractivity contribution < 1.29 is 4.39 Å². The smallest absolute Gasteiger partial charge is 0.159 e. The lowest BCUT2D eigenvalue weighted by Gasteiger charge is -2.11. The highest BCUT2D eigenvalue weighted by molar-refractivity contribution is 9.10. The molecule has 0 fully saturated rings. The molecule has 3 nitrogen and oxygen atoms in total. The fraction of sp³-hybridized carbons (Fsp3) is 0.0588. The highest BCUT2D eigenvalue weighted by Gasteiger charge is 2.09. The molecule has 0 aromatic heterocycles. The lowest BCUT2D eigenvalue weighted by Crippen LogP contribution is -2.00. The maximum Gasteiger partial charge on any atom is 0.159 e. The molecule has 0 amide bonds. The summed E-state index contributed by atoms with van der Waals surface area (Å²) in [5.74, 6) is 0.249. The highest BCUT2D eigenvalue weighted by atomic mass is 79.9. The SMILES string of the molecule is N#CC(C#N)=C(Nc1ccc(F)cc1)SCc1cccc(Br)c1. The van der Waals surface area contributed by atoms with Crippen LogP contribution in [0.15, 0.2) is 63.6 Å². The number of allylic oxidation sites excluding steroid dienone is 1.